The highest BCUT2D eigenvalue weighted by Crippen LogP contribution is 1.79. The fourth-order valence-electron chi connectivity index (χ4n) is 0.297. The number of amides is 1. The third-order valence-corrected chi connectivity index (χ3v) is 1.04. The summed E-state index contributed by atoms with van der Waals surface area (Å²) in [6.45, 7) is 8.12. The molecular weight excluding hydrogens is 130 g/mol. The normalized spacial score (nSPS) is 7.50. The third kappa shape index (κ3) is 5.31. The first-order valence-corrected chi connectivity index (χ1v) is 3.07. The lowest BCUT2D eigenvalue weighted by Gasteiger charge is -2.11. The Morgan fingerprint density at radius 2 is 2.10 bits per heavy atom. The van der Waals surface area contributed by atoms with Gasteiger partial charge in [0.05, 0.1) is 0 Å². The van der Waals surface area contributed by atoms with Gasteiger partial charge in [0.2, 0.25) is 5.91 Å². The van der Waals surface area contributed by atoms with E-state index in [1.54, 1.807) is 7.05 Å². The van der Waals surface area contributed by atoms with Gasteiger partial charge in [-0.05, 0) is 6.92 Å². The van der Waals surface area contributed by atoms with Crippen LogP contribution in [0.2, 0.25) is 0 Å². The minimum Gasteiger partial charge on any atom is -0.387 e. The molecule has 62 valence electrons. The van der Waals surface area contributed by atoms with Crippen LogP contribution in [0, 0.1) is 0 Å². The molecule has 0 aliphatic heterocycles. The molecule has 0 atom stereocenters. The zero-order valence-corrected chi connectivity index (χ0v) is 6.63. The van der Waals surface area contributed by atoms with Gasteiger partial charge in [-0.1, -0.05) is 0 Å². The summed E-state index contributed by atoms with van der Waals surface area (Å²) < 4.78 is 0. The fourth-order valence-corrected chi connectivity index (χ4v) is 0.297. The predicted molar refractivity (Wildman–Crippen MR) is 43.8 cm³/mol. The quantitative estimate of drug-likeness (QED) is 0.578. The highest BCUT2D eigenvalue weighted by atomic mass is 16.3. The number of rotatable bonds is 2. The van der Waals surface area contributed by atoms with Crippen LogP contribution in [-0.2, 0) is 4.79 Å². The lowest BCUT2D eigenvalue weighted by Crippen LogP contribution is -2.28. The Morgan fingerprint density at radius 1 is 1.70 bits per heavy atom. The van der Waals surface area contributed by atoms with E-state index >= 15 is 0 Å². The number of aliphatic hydroxyl groups excluding tert-OH is 1. The van der Waals surface area contributed by atoms with Crippen LogP contribution in [0.5, 0.6) is 0 Å². The van der Waals surface area contributed by atoms with E-state index in [1.165, 1.54) is 4.90 Å². The third-order valence-electron chi connectivity index (χ3n) is 1.04. The summed E-state index contributed by atoms with van der Waals surface area (Å²) in [5.41, 5.74) is 0. The molecule has 0 saturated carbocycles. The molecule has 0 aromatic carbocycles. The molecule has 0 aliphatic carbocycles. The summed E-state index contributed by atoms with van der Waals surface area (Å²) in [5.74, 6) is -0.229. The second-order valence-electron chi connectivity index (χ2n) is 1.57. The summed E-state index contributed by atoms with van der Waals surface area (Å²) in [5, 5.41) is 8.25. The molecule has 10 heavy (non-hydrogen) atoms. The maximum Gasteiger partial charge on any atom is 0.248 e. The Hall–Kier alpha value is -0.830. The van der Waals surface area contributed by atoms with Crippen molar-refractivity contribution in [3.05, 3.63) is 13.2 Å². The Morgan fingerprint density at radius 3 is 2.20 bits per heavy atom. The van der Waals surface area contributed by atoms with E-state index in [0.717, 1.165) is 0 Å². The van der Waals surface area contributed by atoms with Crippen molar-refractivity contribution in [2.24, 2.45) is 0 Å². The number of hydrogen-bond acceptors (Lipinski definition) is 2. The van der Waals surface area contributed by atoms with Crippen LogP contribution < -0.4 is 0 Å². The largest absolute Gasteiger partial charge is 0.387 e. The van der Waals surface area contributed by atoms with Crippen LogP contribution in [0.4, 0.5) is 0 Å². The smallest absolute Gasteiger partial charge is 0.248 e. The molecule has 3 nitrogen and oxygen atoms in total. The molecule has 0 aliphatic rings. The Bertz CT molecular complexity index is 98.4. The van der Waals surface area contributed by atoms with E-state index < -0.39 is 0 Å². The monoisotopic (exact) mass is 147 g/mol. The molecule has 0 heterocycles. The maximum atomic E-state index is 10.4. The number of nitrogens with zero attached hydrogens (tertiary/aromatic N) is 1. The van der Waals surface area contributed by atoms with Crippen LogP contribution in [0.1, 0.15) is 8.35 Å². The van der Waals surface area contributed by atoms with Gasteiger partial charge in [0.15, 0.2) is 0 Å². The Balaban J connectivity index is -0.000000196. The number of carbonyl (C=O) groups excluding carboxylic acids is 1. The van der Waals surface area contributed by atoms with Crippen LogP contribution in [0.15, 0.2) is 13.2 Å². The SMILES string of the molecule is C=C.CCN(C)C(=O)CO.[HH]. The first-order chi connectivity index (χ1) is 4.72. The van der Waals surface area contributed by atoms with Crippen molar-refractivity contribution in [3.8, 4) is 0 Å². The van der Waals surface area contributed by atoms with Crippen LogP contribution in [0.25, 0.3) is 0 Å². The number of likely N-dealkylation sites (N-methyl/N-ethyl adjacent to an activating group) is 1. The molecule has 0 unspecified atom stereocenters. The number of aliphatic hydroxyl groups is 1. The summed E-state index contributed by atoms with van der Waals surface area (Å²) in [6, 6.07) is 0. The van der Waals surface area contributed by atoms with E-state index in [9.17, 15) is 4.79 Å². The number of carbonyl (C=O) groups is 1. The first kappa shape index (κ1) is 11.9. The maximum absolute atomic E-state index is 10.4. The van der Waals surface area contributed by atoms with Gasteiger partial charge in [0.1, 0.15) is 6.61 Å². The molecule has 0 aromatic heterocycles. The van der Waals surface area contributed by atoms with Crippen molar-refractivity contribution in [2.75, 3.05) is 20.2 Å². The van der Waals surface area contributed by atoms with E-state index in [4.69, 9.17) is 5.11 Å². The van der Waals surface area contributed by atoms with Gasteiger partial charge < -0.3 is 10.0 Å². The van der Waals surface area contributed by atoms with Gasteiger partial charge >= 0.3 is 0 Å². The van der Waals surface area contributed by atoms with E-state index in [2.05, 4.69) is 13.2 Å². The van der Waals surface area contributed by atoms with Crippen molar-refractivity contribution in [1.29, 1.82) is 0 Å². The average molecular weight is 147 g/mol. The van der Waals surface area contributed by atoms with Gasteiger partial charge in [0, 0.05) is 15.0 Å². The Kier molecular flexibility index (Phi) is 9.73. The molecule has 0 aromatic rings. The zero-order valence-electron chi connectivity index (χ0n) is 6.63. The van der Waals surface area contributed by atoms with Crippen molar-refractivity contribution in [3.63, 3.8) is 0 Å². The molecule has 1 amide bonds. The van der Waals surface area contributed by atoms with Crippen LogP contribution in [0.3, 0.4) is 0 Å². The highest BCUT2D eigenvalue weighted by molar-refractivity contribution is 5.76. The molecule has 0 saturated heterocycles. The summed E-state index contributed by atoms with van der Waals surface area (Å²) in [4.78, 5) is 11.9. The van der Waals surface area contributed by atoms with Crippen LogP contribution >= 0.6 is 0 Å². The minimum absolute atomic E-state index is 0. The second-order valence-corrected chi connectivity index (χ2v) is 1.57. The van der Waals surface area contributed by atoms with Crippen molar-refractivity contribution in [2.45, 2.75) is 6.92 Å². The first-order valence-electron chi connectivity index (χ1n) is 3.07. The van der Waals surface area contributed by atoms with Gasteiger partial charge in [-0.3, -0.25) is 4.79 Å². The second kappa shape index (κ2) is 8.17. The molecule has 0 bridgehead atoms. The zero-order chi connectivity index (χ0) is 8.57. The van der Waals surface area contributed by atoms with E-state index in [0.29, 0.717) is 6.54 Å². The van der Waals surface area contributed by atoms with Crippen molar-refractivity contribution < 1.29 is 11.3 Å². The topological polar surface area (TPSA) is 40.5 Å². The molecule has 1 N–H and O–H groups in total. The molecule has 0 radical (unpaired) electrons. The van der Waals surface area contributed by atoms with Gasteiger partial charge in [-0.15, -0.1) is 13.2 Å². The predicted octanol–water partition coefficient (Wildman–Crippen LogP) is 0.505. The summed E-state index contributed by atoms with van der Waals surface area (Å²) >= 11 is 0. The lowest BCUT2D eigenvalue weighted by molar-refractivity contribution is -0.132. The standard InChI is InChI=1S/C5H11NO2.C2H4.H2/c1-3-6(2)5(8)4-7;1-2;/h7H,3-4H2,1-2H3;1-2H2;1H. The summed E-state index contributed by atoms with van der Waals surface area (Å²) in [7, 11) is 1.65. The van der Waals surface area contributed by atoms with Crippen molar-refractivity contribution in [1.82, 2.24) is 4.90 Å². The molecule has 0 rings (SSSR count). The average Bonchev–Trinajstić information content (AvgIpc) is 2.05. The molecule has 0 fully saturated rings. The fraction of sp³-hybridized carbons (Fsp3) is 0.571. The highest BCUT2D eigenvalue weighted by Gasteiger charge is 2.01. The lowest BCUT2D eigenvalue weighted by atomic mass is 10.5. The minimum atomic E-state index is -0.385. The van der Waals surface area contributed by atoms with E-state index in [-0.39, 0.29) is 13.9 Å². The summed E-state index contributed by atoms with van der Waals surface area (Å²) in [6.07, 6.45) is 0. The Labute approximate surface area is 63.4 Å². The molecular formula is C7H17NO2. The number of hydrogen-bond donors (Lipinski definition) is 1. The van der Waals surface area contributed by atoms with Gasteiger partial charge in [-0.25, -0.2) is 0 Å². The van der Waals surface area contributed by atoms with Gasteiger partial charge in [-0.2, -0.15) is 0 Å². The van der Waals surface area contributed by atoms with Crippen LogP contribution in [-0.4, -0.2) is 36.1 Å². The molecule has 0 spiro atoms. The van der Waals surface area contributed by atoms with Gasteiger partial charge in [0.25, 0.3) is 0 Å². The molecule has 3 heteroatoms. The van der Waals surface area contributed by atoms with E-state index in [1.807, 2.05) is 6.92 Å². The van der Waals surface area contributed by atoms with Crippen molar-refractivity contribution >= 4 is 5.91 Å².